The SMILES string of the molecule is CN1CC[C@@H](c2n[nH]c(=O)s2)C1.Cc1cccc(-c2cc(COc3ccc(C(N)=O)cc3)cc(C)n2)c1. The number of benzene rings is 2. The van der Waals surface area contributed by atoms with Gasteiger partial charge in [-0.15, -0.1) is 0 Å². The topological polar surface area (TPSA) is 114 Å². The third-order valence-electron chi connectivity index (χ3n) is 6.07. The van der Waals surface area contributed by atoms with E-state index in [4.69, 9.17) is 10.5 Å². The number of aromatic amines is 1. The molecule has 3 N–H and O–H groups in total. The fourth-order valence-electron chi connectivity index (χ4n) is 4.21. The monoisotopic (exact) mass is 517 g/mol. The van der Waals surface area contributed by atoms with E-state index in [0.717, 1.165) is 47.0 Å². The highest BCUT2D eigenvalue weighted by Gasteiger charge is 2.23. The number of hydrogen-bond acceptors (Lipinski definition) is 7. The van der Waals surface area contributed by atoms with Crippen LogP contribution in [0.5, 0.6) is 5.75 Å². The minimum absolute atomic E-state index is 0.0421. The predicted molar refractivity (Wildman–Crippen MR) is 146 cm³/mol. The van der Waals surface area contributed by atoms with Gasteiger partial charge in [-0.05, 0) is 81.9 Å². The number of carbonyl (C=O) groups is 1. The molecule has 0 bridgehead atoms. The number of amides is 1. The standard InChI is InChI=1S/C21H20N2O2.C7H11N3OS/c1-14-4-3-5-18(10-14)20-12-16(11-15(2)23-20)13-25-19-8-6-17(7-9-19)21(22)24;1-10-3-2-5(4-10)6-8-9-7(11)12-6/h3-12H,13H2,1-2H3,(H2,22,24);5H,2-4H2,1H3,(H,9,11)/t;5-/m.1/s1. The van der Waals surface area contributed by atoms with Crippen molar-refractivity contribution in [3.63, 3.8) is 0 Å². The summed E-state index contributed by atoms with van der Waals surface area (Å²) >= 11 is 1.24. The quantitative estimate of drug-likeness (QED) is 0.394. The molecule has 2 aromatic heterocycles. The second-order valence-electron chi connectivity index (χ2n) is 9.25. The van der Waals surface area contributed by atoms with Crippen LogP contribution in [-0.4, -0.2) is 46.1 Å². The number of primary amides is 1. The van der Waals surface area contributed by atoms with Crippen molar-refractivity contribution in [2.24, 2.45) is 5.73 Å². The summed E-state index contributed by atoms with van der Waals surface area (Å²) in [6, 6.07) is 19.1. The van der Waals surface area contributed by atoms with Crippen LogP contribution in [0.15, 0.2) is 65.5 Å². The minimum atomic E-state index is -0.445. The van der Waals surface area contributed by atoms with Crippen LogP contribution in [-0.2, 0) is 6.61 Å². The number of likely N-dealkylation sites (N-methyl/N-ethyl adjacent to an activating group) is 1. The van der Waals surface area contributed by atoms with E-state index in [9.17, 15) is 9.59 Å². The fraction of sp³-hybridized carbons (Fsp3) is 0.286. The van der Waals surface area contributed by atoms with Crippen LogP contribution in [0.1, 0.15) is 44.5 Å². The van der Waals surface area contributed by atoms with Gasteiger partial charge < -0.3 is 15.4 Å². The Morgan fingerprint density at radius 3 is 2.57 bits per heavy atom. The second kappa shape index (κ2) is 11.9. The number of pyridine rings is 1. The molecular formula is C28H31N5O3S. The maximum absolute atomic E-state index is 11.1. The number of nitrogens with two attached hydrogens (primary N) is 1. The third kappa shape index (κ3) is 7.34. The van der Waals surface area contributed by atoms with Gasteiger partial charge in [0.2, 0.25) is 5.91 Å². The molecule has 1 amide bonds. The molecule has 4 aromatic rings. The summed E-state index contributed by atoms with van der Waals surface area (Å²) in [7, 11) is 2.09. The molecular weight excluding hydrogens is 486 g/mol. The Balaban J connectivity index is 0.000000222. The Bertz CT molecular complexity index is 1410. The molecule has 192 valence electrons. The summed E-state index contributed by atoms with van der Waals surface area (Å²) in [5.41, 5.74) is 10.9. The first-order valence-corrected chi connectivity index (χ1v) is 12.9. The van der Waals surface area contributed by atoms with Gasteiger partial charge in [0.1, 0.15) is 17.4 Å². The van der Waals surface area contributed by atoms with Gasteiger partial charge in [-0.1, -0.05) is 35.1 Å². The van der Waals surface area contributed by atoms with Crippen molar-refractivity contribution in [1.29, 1.82) is 0 Å². The number of nitrogens with zero attached hydrogens (tertiary/aromatic N) is 3. The van der Waals surface area contributed by atoms with Gasteiger partial charge in [-0.25, -0.2) is 5.10 Å². The van der Waals surface area contributed by atoms with Gasteiger partial charge >= 0.3 is 4.87 Å². The van der Waals surface area contributed by atoms with Crippen molar-refractivity contribution in [3.05, 3.63) is 97.7 Å². The van der Waals surface area contributed by atoms with Crippen molar-refractivity contribution in [2.45, 2.75) is 32.8 Å². The molecule has 2 aromatic carbocycles. The molecule has 1 aliphatic heterocycles. The number of aryl methyl sites for hydroxylation is 2. The lowest BCUT2D eigenvalue weighted by Crippen LogP contribution is -2.13. The summed E-state index contributed by atoms with van der Waals surface area (Å²) in [6.07, 6.45) is 1.12. The van der Waals surface area contributed by atoms with Crippen molar-refractivity contribution in [3.8, 4) is 17.0 Å². The molecule has 1 fully saturated rings. The molecule has 0 unspecified atom stereocenters. The molecule has 1 aliphatic rings. The van der Waals surface area contributed by atoms with Gasteiger partial charge in [0.05, 0.1) is 5.69 Å². The largest absolute Gasteiger partial charge is 0.489 e. The average molecular weight is 518 g/mol. The van der Waals surface area contributed by atoms with E-state index >= 15 is 0 Å². The number of likely N-dealkylation sites (tertiary alicyclic amines) is 1. The lowest BCUT2D eigenvalue weighted by atomic mass is 10.1. The van der Waals surface area contributed by atoms with Crippen LogP contribution in [0, 0.1) is 13.8 Å². The normalized spacial score (nSPS) is 15.2. The summed E-state index contributed by atoms with van der Waals surface area (Å²) in [5, 5.41) is 7.40. The summed E-state index contributed by atoms with van der Waals surface area (Å²) in [5.74, 6) is 0.717. The van der Waals surface area contributed by atoms with E-state index in [-0.39, 0.29) is 4.87 Å². The first kappa shape index (κ1) is 26.2. The van der Waals surface area contributed by atoms with E-state index in [1.807, 2.05) is 25.1 Å². The molecule has 3 heterocycles. The van der Waals surface area contributed by atoms with E-state index in [2.05, 4.69) is 52.3 Å². The average Bonchev–Trinajstić information content (AvgIpc) is 3.51. The van der Waals surface area contributed by atoms with Crippen molar-refractivity contribution in [2.75, 3.05) is 20.1 Å². The van der Waals surface area contributed by atoms with Gasteiger partial charge in [0, 0.05) is 29.3 Å². The molecule has 0 saturated carbocycles. The molecule has 1 atom stereocenters. The molecule has 0 radical (unpaired) electrons. The molecule has 0 spiro atoms. The maximum Gasteiger partial charge on any atom is 0.322 e. The van der Waals surface area contributed by atoms with E-state index in [0.29, 0.717) is 23.8 Å². The highest BCUT2D eigenvalue weighted by molar-refractivity contribution is 7.08. The van der Waals surface area contributed by atoms with Crippen LogP contribution in [0.4, 0.5) is 0 Å². The van der Waals surface area contributed by atoms with Crippen molar-refractivity contribution < 1.29 is 9.53 Å². The van der Waals surface area contributed by atoms with Gasteiger partial charge in [-0.3, -0.25) is 14.6 Å². The minimum Gasteiger partial charge on any atom is -0.489 e. The zero-order chi connectivity index (χ0) is 26.4. The fourth-order valence-corrected chi connectivity index (χ4v) is 4.94. The van der Waals surface area contributed by atoms with Crippen molar-refractivity contribution in [1.82, 2.24) is 20.1 Å². The van der Waals surface area contributed by atoms with E-state index in [1.54, 1.807) is 24.3 Å². The molecule has 8 nitrogen and oxygen atoms in total. The number of nitrogens with one attached hydrogen (secondary N) is 1. The lowest BCUT2D eigenvalue weighted by molar-refractivity contribution is 0.1000. The maximum atomic E-state index is 11.1. The number of hydrogen-bond donors (Lipinski definition) is 2. The molecule has 9 heteroatoms. The summed E-state index contributed by atoms with van der Waals surface area (Å²) in [6.45, 7) is 6.61. The van der Waals surface area contributed by atoms with Crippen LogP contribution in [0.2, 0.25) is 0 Å². The Hall–Kier alpha value is -3.82. The number of ether oxygens (including phenoxy) is 1. The zero-order valence-corrected chi connectivity index (χ0v) is 22.0. The van der Waals surface area contributed by atoms with Crippen LogP contribution >= 0.6 is 11.3 Å². The second-order valence-corrected chi connectivity index (χ2v) is 10.2. The van der Waals surface area contributed by atoms with Crippen LogP contribution in [0.25, 0.3) is 11.3 Å². The first-order valence-electron chi connectivity index (χ1n) is 12.1. The van der Waals surface area contributed by atoms with Gasteiger partial charge in [0.25, 0.3) is 0 Å². The number of rotatable bonds is 6. The molecule has 0 aliphatic carbocycles. The highest BCUT2D eigenvalue weighted by atomic mass is 32.1. The smallest absolute Gasteiger partial charge is 0.322 e. The summed E-state index contributed by atoms with van der Waals surface area (Å²) < 4.78 is 5.82. The van der Waals surface area contributed by atoms with Gasteiger partial charge in [0.15, 0.2) is 0 Å². The number of aromatic nitrogens is 3. The van der Waals surface area contributed by atoms with Crippen LogP contribution < -0.4 is 15.3 Å². The van der Waals surface area contributed by atoms with E-state index < -0.39 is 5.91 Å². The van der Waals surface area contributed by atoms with Crippen molar-refractivity contribution >= 4 is 17.2 Å². The van der Waals surface area contributed by atoms with Crippen LogP contribution in [0.3, 0.4) is 0 Å². The Kier molecular flexibility index (Phi) is 8.47. The lowest BCUT2D eigenvalue weighted by Gasteiger charge is -2.10. The van der Waals surface area contributed by atoms with Gasteiger partial charge in [-0.2, -0.15) is 5.10 Å². The Morgan fingerprint density at radius 2 is 1.95 bits per heavy atom. The molecule has 1 saturated heterocycles. The highest BCUT2D eigenvalue weighted by Crippen LogP contribution is 2.25. The number of carbonyl (C=O) groups excluding carboxylic acids is 1. The number of H-pyrrole nitrogens is 1. The first-order chi connectivity index (χ1) is 17.8. The predicted octanol–water partition coefficient (Wildman–Crippen LogP) is 4.29. The third-order valence-corrected chi connectivity index (χ3v) is 6.98. The molecule has 37 heavy (non-hydrogen) atoms. The Labute approximate surface area is 220 Å². The summed E-state index contributed by atoms with van der Waals surface area (Å²) in [4.78, 5) is 28.8. The van der Waals surface area contributed by atoms with E-state index in [1.165, 1.54) is 16.9 Å². The molecule has 5 rings (SSSR count). The zero-order valence-electron chi connectivity index (χ0n) is 21.2. The Morgan fingerprint density at radius 1 is 1.16 bits per heavy atom.